The zero-order chi connectivity index (χ0) is 20.0. The van der Waals surface area contributed by atoms with Crippen molar-refractivity contribution in [3.63, 3.8) is 0 Å². The minimum absolute atomic E-state index is 0.285. The number of nitrogens with one attached hydrogen (secondary N) is 1. The van der Waals surface area contributed by atoms with Crippen molar-refractivity contribution in [1.82, 2.24) is 5.32 Å². The van der Waals surface area contributed by atoms with Gasteiger partial charge in [-0.2, -0.15) is 0 Å². The Balaban J connectivity index is 0.000000380. The van der Waals surface area contributed by atoms with E-state index in [-0.39, 0.29) is 6.54 Å². The Morgan fingerprint density at radius 2 is 1.74 bits per heavy atom. The molecule has 0 fully saturated rings. The van der Waals surface area contributed by atoms with Gasteiger partial charge in [0.25, 0.3) is 25.9 Å². The number of aliphatic imine (C=N–C) groups is 1. The van der Waals surface area contributed by atoms with E-state index in [1.54, 1.807) is 13.1 Å². The summed E-state index contributed by atoms with van der Waals surface area (Å²) in [6, 6.07) is 15.2. The quantitative estimate of drug-likeness (QED) is 0.251. The van der Waals surface area contributed by atoms with E-state index in [2.05, 4.69) is 10.3 Å². The van der Waals surface area contributed by atoms with Crippen LogP contribution in [0, 0.1) is 0 Å². The number of hydrogen-bond donors (Lipinski definition) is 4. The number of likely N-dealkylation sites (N-methyl/N-ethyl adjacent to an activating group) is 1. The van der Waals surface area contributed by atoms with Gasteiger partial charge in [-0.05, 0) is 35.1 Å². The third-order valence-electron chi connectivity index (χ3n) is 3.48. The summed E-state index contributed by atoms with van der Waals surface area (Å²) in [6.45, 7) is 0.285. The van der Waals surface area contributed by atoms with Crippen LogP contribution in [0.2, 0.25) is 5.02 Å². The topological polar surface area (TPSA) is 122 Å². The summed E-state index contributed by atoms with van der Waals surface area (Å²) in [7, 11) is -3.39. The number of amidine groups is 1. The van der Waals surface area contributed by atoms with Gasteiger partial charge in [0.05, 0.1) is 16.8 Å². The number of hydrogen-bond acceptors (Lipinski definition) is 5. The van der Waals surface area contributed by atoms with Crippen molar-refractivity contribution in [2.45, 2.75) is 0 Å². The standard InChI is InChI=1S/C16H14ClN3O.H2O4S2/c1-18-15-10-20(21)16(11-5-3-2-4-6-11)13-9-12(17)7-8-14(13)19-15;1-5(2)6(3)4/h2-9,21H,10H2,1H3;(H,1,2)(H,3,4)/p+1. The first-order chi connectivity index (χ1) is 12.8. The molecule has 0 aromatic heterocycles. The smallest absolute Gasteiger partial charge is 0.274 e. The fourth-order valence-corrected chi connectivity index (χ4v) is 2.54. The van der Waals surface area contributed by atoms with Crippen LogP contribution >= 0.6 is 11.6 Å². The first kappa shape index (κ1) is 21.2. The monoisotopic (exact) mass is 430 g/mol. The molecule has 3 rings (SSSR count). The summed E-state index contributed by atoms with van der Waals surface area (Å²) in [4.78, 5) is 4.55. The number of rotatable bonds is 2. The van der Waals surface area contributed by atoms with Crippen molar-refractivity contribution in [3.8, 4) is 0 Å². The SMILES string of the molecule is CNC1=Nc2ccc(Cl)cc2C(c2ccccc2)=[N+](O)C1.O=S(O)S(=O)O. The molecule has 0 saturated heterocycles. The third kappa shape index (κ3) is 5.68. The van der Waals surface area contributed by atoms with Crippen molar-refractivity contribution < 1.29 is 27.5 Å². The second-order valence-electron chi connectivity index (χ2n) is 5.18. The Hall–Kier alpha value is -2.11. The summed E-state index contributed by atoms with van der Waals surface area (Å²) in [5.41, 5.74) is 3.19. The van der Waals surface area contributed by atoms with Gasteiger partial charge in [0.15, 0.2) is 5.84 Å². The summed E-state index contributed by atoms with van der Waals surface area (Å²) in [5.74, 6) is 0.687. The van der Waals surface area contributed by atoms with Crippen LogP contribution in [-0.4, -0.2) is 52.6 Å². The molecule has 1 aliphatic rings. The fraction of sp³-hybridized carbons (Fsp3) is 0.125. The molecule has 1 aliphatic heterocycles. The van der Waals surface area contributed by atoms with Crippen molar-refractivity contribution in [2.75, 3.05) is 13.6 Å². The van der Waals surface area contributed by atoms with Crippen LogP contribution in [-0.2, 0) is 20.2 Å². The predicted octanol–water partition coefficient (Wildman–Crippen LogP) is 2.19. The summed E-state index contributed by atoms with van der Waals surface area (Å²) in [6.07, 6.45) is 0. The van der Waals surface area contributed by atoms with Gasteiger partial charge in [0.1, 0.15) is 0 Å². The summed E-state index contributed by atoms with van der Waals surface area (Å²) < 4.78 is 34.8. The van der Waals surface area contributed by atoms with Gasteiger partial charge in [-0.15, -0.1) is 0 Å². The Labute approximate surface area is 165 Å². The molecule has 4 N–H and O–H groups in total. The molecule has 0 spiro atoms. The van der Waals surface area contributed by atoms with Crippen LogP contribution in [0.3, 0.4) is 0 Å². The van der Waals surface area contributed by atoms with Crippen molar-refractivity contribution >= 4 is 49.1 Å². The highest BCUT2D eigenvalue weighted by atomic mass is 35.5. The molecule has 0 amide bonds. The number of hydroxylamine groups is 1. The molecule has 2 aromatic rings. The van der Waals surface area contributed by atoms with E-state index in [0.717, 1.165) is 16.8 Å². The van der Waals surface area contributed by atoms with E-state index < -0.39 is 20.2 Å². The molecule has 0 bridgehead atoms. The van der Waals surface area contributed by atoms with E-state index in [1.165, 1.54) is 4.74 Å². The van der Waals surface area contributed by atoms with Crippen LogP contribution in [0.15, 0.2) is 53.5 Å². The molecule has 8 nitrogen and oxygen atoms in total. The molecule has 11 heteroatoms. The lowest BCUT2D eigenvalue weighted by atomic mass is 10.0. The first-order valence-corrected chi connectivity index (χ1v) is 10.6. The molecular weight excluding hydrogens is 414 g/mol. The van der Waals surface area contributed by atoms with Gasteiger partial charge in [0.2, 0.25) is 6.54 Å². The molecule has 0 radical (unpaired) electrons. The zero-order valence-corrected chi connectivity index (χ0v) is 16.5. The highest BCUT2D eigenvalue weighted by Crippen LogP contribution is 2.27. The molecule has 1 heterocycles. The average molecular weight is 431 g/mol. The molecule has 0 saturated carbocycles. The van der Waals surface area contributed by atoms with E-state index in [1.807, 2.05) is 42.5 Å². The van der Waals surface area contributed by atoms with Gasteiger partial charge in [-0.1, -0.05) is 29.8 Å². The zero-order valence-electron chi connectivity index (χ0n) is 14.1. The van der Waals surface area contributed by atoms with Crippen molar-refractivity contribution in [3.05, 3.63) is 64.7 Å². The van der Waals surface area contributed by atoms with E-state index in [0.29, 0.717) is 16.6 Å². The lowest BCUT2D eigenvalue weighted by Crippen LogP contribution is -2.30. The lowest BCUT2D eigenvalue weighted by molar-refractivity contribution is -0.764. The molecule has 2 unspecified atom stereocenters. The fourth-order valence-electron chi connectivity index (χ4n) is 2.37. The maximum absolute atomic E-state index is 10.5. The largest absolute Gasteiger partial charge is 0.371 e. The van der Waals surface area contributed by atoms with Crippen LogP contribution < -0.4 is 5.32 Å². The number of nitrogens with zero attached hydrogens (tertiary/aromatic N) is 2. The summed E-state index contributed by atoms with van der Waals surface area (Å²) >= 11 is 6.12. The Morgan fingerprint density at radius 1 is 1.11 bits per heavy atom. The maximum atomic E-state index is 10.5. The van der Waals surface area contributed by atoms with Crippen molar-refractivity contribution in [1.29, 1.82) is 0 Å². The summed E-state index contributed by atoms with van der Waals surface area (Å²) in [5, 5.41) is 14.1. The molecular formula is C16H17ClN3O5S2+. The van der Waals surface area contributed by atoms with Gasteiger partial charge >= 0.3 is 0 Å². The molecule has 2 aromatic carbocycles. The number of fused-ring (bicyclic) bond motifs is 1. The van der Waals surface area contributed by atoms with Gasteiger partial charge < -0.3 is 5.32 Å². The normalized spacial score (nSPS) is 15.5. The minimum Gasteiger partial charge on any atom is -0.371 e. The first-order valence-electron chi connectivity index (χ1n) is 7.49. The van der Waals surface area contributed by atoms with Gasteiger partial charge in [0, 0.05) is 12.1 Å². The number of benzene rings is 2. The second kappa shape index (κ2) is 9.72. The Morgan fingerprint density at radius 3 is 2.30 bits per heavy atom. The van der Waals surface area contributed by atoms with Gasteiger partial charge in [-0.25, -0.2) is 13.4 Å². The van der Waals surface area contributed by atoms with E-state index in [9.17, 15) is 13.6 Å². The highest BCUT2D eigenvalue weighted by Gasteiger charge is 2.27. The van der Waals surface area contributed by atoms with Crippen molar-refractivity contribution in [2.24, 2.45) is 4.99 Å². The van der Waals surface area contributed by atoms with Crippen LogP contribution in [0.5, 0.6) is 0 Å². The Bertz CT molecular complexity index is 923. The van der Waals surface area contributed by atoms with Crippen LogP contribution in [0.4, 0.5) is 5.69 Å². The average Bonchev–Trinajstić information content (AvgIpc) is 2.78. The third-order valence-corrected chi connectivity index (χ3v) is 4.70. The highest BCUT2D eigenvalue weighted by molar-refractivity contribution is 8.56. The molecule has 144 valence electrons. The Kier molecular flexibility index (Phi) is 7.63. The van der Waals surface area contributed by atoms with Crippen LogP contribution in [0.25, 0.3) is 0 Å². The van der Waals surface area contributed by atoms with Gasteiger partial charge in [-0.3, -0.25) is 14.3 Å². The lowest BCUT2D eigenvalue weighted by Gasteiger charge is -2.05. The minimum atomic E-state index is -2.59. The van der Waals surface area contributed by atoms with E-state index >= 15 is 0 Å². The molecule has 27 heavy (non-hydrogen) atoms. The molecule has 0 aliphatic carbocycles. The maximum Gasteiger partial charge on any atom is 0.274 e. The molecule has 2 atom stereocenters. The number of halogens is 1. The predicted molar refractivity (Wildman–Crippen MR) is 106 cm³/mol. The second-order valence-corrected chi connectivity index (χ2v) is 8.19. The van der Waals surface area contributed by atoms with Crippen LogP contribution in [0.1, 0.15) is 11.1 Å². The van der Waals surface area contributed by atoms with E-state index in [4.69, 9.17) is 20.7 Å².